The van der Waals surface area contributed by atoms with Gasteiger partial charge in [-0.1, -0.05) is 13.0 Å². The number of nitro benzene ring substituents is 1. The summed E-state index contributed by atoms with van der Waals surface area (Å²) in [6.45, 7) is 4.82. The van der Waals surface area contributed by atoms with Crippen molar-refractivity contribution in [3.63, 3.8) is 0 Å². The maximum Gasteiger partial charge on any atom is 0.273 e. The summed E-state index contributed by atoms with van der Waals surface area (Å²) in [4.78, 5) is 22.9. The molecule has 1 heterocycles. The molecule has 0 spiro atoms. The molecular formula is C15H21N3O3. The van der Waals surface area contributed by atoms with Crippen LogP contribution in [0.25, 0.3) is 0 Å². The number of carbonyl (C=O) groups is 1. The van der Waals surface area contributed by atoms with Crippen molar-refractivity contribution in [2.24, 2.45) is 0 Å². The minimum absolute atomic E-state index is 0.0174. The van der Waals surface area contributed by atoms with Gasteiger partial charge in [-0.2, -0.15) is 0 Å². The molecule has 21 heavy (non-hydrogen) atoms. The molecule has 0 radical (unpaired) electrons. The Morgan fingerprint density at radius 3 is 2.90 bits per heavy atom. The number of amides is 1. The first kappa shape index (κ1) is 15.4. The predicted molar refractivity (Wildman–Crippen MR) is 80.4 cm³/mol. The Balaban J connectivity index is 2.12. The van der Waals surface area contributed by atoms with Crippen LogP contribution in [0, 0.1) is 10.1 Å². The van der Waals surface area contributed by atoms with Gasteiger partial charge >= 0.3 is 0 Å². The lowest BCUT2D eigenvalue weighted by Gasteiger charge is -2.28. The second-order valence-corrected chi connectivity index (χ2v) is 5.50. The molecule has 1 saturated heterocycles. The molecule has 1 fully saturated rings. The van der Waals surface area contributed by atoms with Crippen LogP contribution in [-0.4, -0.2) is 29.5 Å². The Bertz CT molecular complexity index is 545. The van der Waals surface area contributed by atoms with Crippen molar-refractivity contribution in [3.05, 3.63) is 39.4 Å². The largest absolute Gasteiger partial charge is 0.349 e. The van der Waals surface area contributed by atoms with Crippen LogP contribution < -0.4 is 10.6 Å². The van der Waals surface area contributed by atoms with Crippen molar-refractivity contribution in [1.29, 1.82) is 0 Å². The van der Waals surface area contributed by atoms with Crippen LogP contribution in [-0.2, 0) is 6.42 Å². The molecule has 1 amide bonds. The lowest BCUT2D eigenvalue weighted by Crippen LogP contribution is -2.46. The molecular weight excluding hydrogens is 270 g/mol. The number of hydrogen-bond donors (Lipinski definition) is 2. The molecule has 6 heteroatoms. The van der Waals surface area contributed by atoms with Crippen molar-refractivity contribution in [3.8, 4) is 0 Å². The highest BCUT2D eigenvalue weighted by atomic mass is 16.6. The number of nitrogens with one attached hydrogen (secondary N) is 2. The predicted octanol–water partition coefficient (Wildman–Crippen LogP) is 2.03. The number of carbonyl (C=O) groups excluding carboxylic acids is 1. The molecule has 0 aliphatic carbocycles. The van der Waals surface area contributed by atoms with Gasteiger partial charge in [0.2, 0.25) is 0 Å². The Hall–Kier alpha value is -1.95. The number of benzene rings is 1. The second kappa shape index (κ2) is 6.67. The molecule has 1 aliphatic rings. The summed E-state index contributed by atoms with van der Waals surface area (Å²) >= 11 is 0. The van der Waals surface area contributed by atoms with Gasteiger partial charge in [0, 0.05) is 29.3 Å². The van der Waals surface area contributed by atoms with E-state index in [1.54, 1.807) is 12.1 Å². The van der Waals surface area contributed by atoms with E-state index in [1.807, 2.05) is 6.92 Å². The summed E-state index contributed by atoms with van der Waals surface area (Å²) in [7, 11) is 0. The summed E-state index contributed by atoms with van der Waals surface area (Å²) in [6, 6.07) is 5.20. The van der Waals surface area contributed by atoms with Gasteiger partial charge in [0.1, 0.15) is 0 Å². The maximum atomic E-state index is 12.2. The van der Waals surface area contributed by atoms with Gasteiger partial charge in [-0.15, -0.1) is 0 Å². The zero-order valence-corrected chi connectivity index (χ0v) is 12.4. The molecule has 2 atom stereocenters. The first-order valence-electron chi connectivity index (χ1n) is 7.32. The fourth-order valence-corrected chi connectivity index (χ4v) is 2.71. The third-order valence-electron chi connectivity index (χ3n) is 3.88. The third kappa shape index (κ3) is 3.78. The first-order chi connectivity index (χ1) is 10.0. The summed E-state index contributed by atoms with van der Waals surface area (Å²) in [5.74, 6) is -0.236. The van der Waals surface area contributed by atoms with E-state index >= 15 is 0 Å². The zero-order chi connectivity index (χ0) is 15.4. The summed E-state index contributed by atoms with van der Waals surface area (Å²) in [5.41, 5.74) is 1.01. The lowest BCUT2D eigenvalue weighted by molar-refractivity contribution is -0.385. The number of rotatable bonds is 4. The van der Waals surface area contributed by atoms with Crippen LogP contribution in [0.15, 0.2) is 18.2 Å². The third-order valence-corrected chi connectivity index (χ3v) is 3.88. The van der Waals surface area contributed by atoms with Crippen molar-refractivity contribution >= 4 is 11.6 Å². The summed E-state index contributed by atoms with van der Waals surface area (Å²) in [5, 5.41) is 17.3. The Labute approximate surface area is 124 Å². The van der Waals surface area contributed by atoms with Gasteiger partial charge in [-0.25, -0.2) is 0 Å². The van der Waals surface area contributed by atoms with Crippen LogP contribution in [0.3, 0.4) is 0 Å². The van der Waals surface area contributed by atoms with Crippen LogP contribution in [0.2, 0.25) is 0 Å². The van der Waals surface area contributed by atoms with Crippen LogP contribution >= 0.6 is 0 Å². The summed E-state index contributed by atoms with van der Waals surface area (Å²) < 4.78 is 0. The maximum absolute atomic E-state index is 12.2. The lowest BCUT2D eigenvalue weighted by atomic mass is 10.00. The second-order valence-electron chi connectivity index (χ2n) is 5.50. The van der Waals surface area contributed by atoms with Crippen molar-refractivity contribution in [2.75, 3.05) is 6.54 Å². The van der Waals surface area contributed by atoms with Crippen LogP contribution in [0.1, 0.15) is 42.6 Å². The molecule has 0 saturated carbocycles. The van der Waals surface area contributed by atoms with Gasteiger partial charge in [-0.05, 0) is 38.8 Å². The number of nitro groups is 1. The monoisotopic (exact) mass is 291 g/mol. The average Bonchev–Trinajstić information content (AvgIpc) is 2.46. The summed E-state index contributed by atoms with van der Waals surface area (Å²) in [6.07, 6.45) is 2.33. The fourth-order valence-electron chi connectivity index (χ4n) is 2.71. The van der Waals surface area contributed by atoms with Gasteiger partial charge < -0.3 is 10.6 Å². The molecule has 0 aromatic heterocycles. The smallest absolute Gasteiger partial charge is 0.273 e. The highest BCUT2D eigenvalue weighted by Crippen LogP contribution is 2.21. The molecule has 2 N–H and O–H groups in total. The molecule has 1 aromatic rings. The minimum Gasteiger partial charge on any atom is -0.349 e. The van der Waals surface area contributed by atoms with Gasteiger partial charge in [-0.3, -0.25) is 14.9 Å². The SMILES string of the molecule is CCc1ccc(C(=O)NC2CCNC(C)C2)cc1[N+](=O)[O-]. The van der Waals surface area contributed by atoms with E-state index < -0.39 is 4.92 Å². The highest BCUT2D eigenvalue weighted by Gasteiger charge is 2.22. The first-order valence-corrected chi connectivity index (χ1v) is 7.32. The minimum atomic E-state index is -0.428. The van der Waals surface area contributed by atoms with E-state index in [2.05, 4.69) is 17.6 Å². The number of aryl methyl sites for hydroxylation is 1. The molecule has 0 bridgehead atoms. The normalized spacial score (nSPS) is 21.8. The van der Waals surface area contributed by atoms with Crippen molar-refractivity contribution < 1.29 is 9.72 Å². The Kier molecular flexibility index (Phi) is 4.90. The van der Waals surface area contributed by atoms with E-state index in [4.69, 9.17) is 0 Å². The quantitative estimate of drug-likeness (QED) is 0.656. The topological polar surface area (TPSA) is 84.3 Å². The number of nitrogens with zero attached hydrogens (tertiary/aromatic N) is 1. The Morgan fingerprint density at radius 2 is 2.29 bits per heavy atom. The standard InChI is InChI=1S/C15H21N3O3/c1-3-11-4-5-12(9-14(11)18(20)21)15(19)17-13-6-7-16-10(2)8-13/h4-5,9-10,13,16H,3,6-8H2,1-2H3,(H,17,19). The Morgan fingerprint density at radius 1 is 1.52 bits per heavy atom. The van der Waals surface area contributed by atoms with Crippen LogP contribution in [0.5, 0.6) is 0 Å². The molecule has 1 aliphatic heterocycles. The number of piperidine rings is 1. The molecule has 2 rings (SSSR count). The highest BCUT2D eigenvalue weighted by molar-refractivity contribution is 5.95. The van der Waals surface area contributed by atoms with E-state index in [0.29, 0.717) is 23.6 Å². The van der Waals surface area contributed by atoms with E-state index in [9.17, 15) is 14.9 Å². The van der Waals surface area contributed by atoms with Crippen molar-refractivity contribution in [1.82, 2.24) is 10.6 Å². The molecule has 1 aromatic carbocycles. The van der Waals surface area contributed by atoms with Gasteiger partial charge in [0.25, 0.3) is 11.6 Å². The zero-order valence-electron chi connectivity index (χ0n) is 12.4. The van der Waals surface area contributed by atoms with E-state index in [1.165, 1.54) is 6.07 Å². The van der Waals surface area contributed by atoms with Gasteiger partial charge in [0.15, 0.2) is 0 Å². The average molecular weight is 291 g/mol. The van der Waals surface area contributed by atoms with E-state index in [0.717, 1.165) is 19.4 Å². The molecule has 2 unspecified atom stereocenters. The van der Waals surface area contributed by atoms with Crippen LogP contribution in [0.4, 0.5) is 5.69 Å². The number of hydrogen-bond acceptors (Lipinski definition) is 4. The van der Waals surface area contributed by atoms with Crippen molar-refractivity contribution in [2.45, 2.75) is 45.2 Å². The van der Waals surface area contributed by atoms with E-state index in [-0.39, 0.29) is 17.6 Å². The van der Waals surface area contributed by atoms with Gasteiger partial charge in [0.05, 0.1) is 4.92 Å². The molecule has 6 nitrogen and oxygen atoms in total. The molecule has 114 valence electrons. The fraction of sp³-hybridized carbons (Fsp3) is 0.533.